The van der Waals surface area contributed by atoms with Crippen molar-refractivity contribution < 1.29 is 5.11 Å². The summed E-state index contributed by atoms with van der Waals surface area (Å²) in [7, 11) is 0. The molecule has 3 heteroatoms. The molecule has 0 aliphatic heterocycles. The first kappa shape index (κ1) is 12.2. The highest BCUT2D eigenvalue weighted by Crippen LogP contribution is 2.23. The molecule has 1 saturated carbocycles. The van der Waals surface area contributed by atoms with E-state index in [1.807, 2.05) is 0 Å². The number of aliphatic hydroxyl groups is 1. The van der Waals surface area contributed by atoms with Crippen molar-refractivity contribution in [2.75, 3.05) is 13.1 Å². The highest BCUT2D eigenvalue weighted by atomic mass is 35.5. The molecule has 2 atom stereocenters. The van der Waals surface area contributed by atoms with Crippen LogP contribution < -0.4 is 5.32 Å². The van der Waals surface area contributed by atoms with E-state index in [1.54, 1.807) is 0 Å². The Balaban J connectivity index is 0.00000121. The molecule has 1 rings (SSSR count). The summed E-state index contributed by atoms with van der Waals surface area (Å²) in [4.78, 5) is 0. The number of aliphatic hydroxyl groups excluding tert-OH is 1. The zero-order chi connectivity index (χ0) is 8.10. The van der Waals surface area contributed by atoms with Crippen LogP contribution in [0.25, 0.3) is 0 Å². The lowest BCUT2D eigenvalue weighted by Crippen LogP contribution is -2.33. The van der Waals surface area contributed by atoms with Crippen LogP contribution in [0.2, 0.25) is 0 Å². The maximum atomic E-state index is 9.56. The zero-order valence-corrected chi connectivity index (χ0v) is 8.57. The monoisotopic (exact) mass is 193 g/mol. The first-order chi connectivity index (χ1) is 5.34. The molecule has 0 unspecified atom stereocenters. The van der Waals surface area contributed by atoms with Crippen molar-refractivity contribution in [3.05, 3.63) is 0 Å². The Morgan fingerprint density at radius 3 is 2.58 bits per heavy atom. The van der Waals surface area contributed by atoms with Crippen molar-refractivity contribution in [3.8, 4) is 0 Å². The van der Waals surface area contributed by atoms with Crippen LogP contribution in [0.1, 0.15) is 32.6 Å². The molecule has 1 fully saturated rings. The van der Waals surface area contributed by atoms with Crippen LogP contribution in [0.4, 0.5) is 0 Å². The number of hydrogen-bond acceptors (Lipinski definition) is 2. The second-order valence-corrected chi connectivity index (χ2v) is 3.42. The van der Waals surface area contributed by atoms with Crippen molar-refractivity contribution >= 4 is 12.4 Å². The predicted octanol–water partition coefficient (Wildman–Crippen LogP) is 1.57. The molecule has 0 aromatic rings. The van der Waals surface area contributed by atoms with Gasteiger partial charge in [-0.1, -0.05) is 19.8 Å². The van der Waals surface area contributed by atoms with Gasteiger partial charge in [0.05, 0.1) is 6.10 Å². The molecule has 0 radical (unpaired) electrons. The Labute approximate surface area is 81.2 Å². The molecule has 0 heterocycles. The van der Waals surface area contributed by atoms with Crippen molar-refractivity contribution in [1.82, 2.24) is 5.32 Å². The third kappa shape index (κ3) is 3.74. The molecule has 2 nitrogen and oxygen atoms in total. The molecule has 1 aliphatic carbocycles. The standard InChI is InChI=1S/C9H19NO.ClH/c1-2-10-7-8-5-3-4-6-9(8)11;/h8-11H,2-7H2,1H3;1H/t8-,9-;/m0./s1. The zero-order valence-electron chi connectivity index (χ0n) is 7.75. The molecule has 2 N–H and O–H groups in total. The van der Waals surface area contributed by atoms with Crippen LogP contribution in [-0.2, 0) is 0 Å². The minimum atomic E-state index is -0.0391. The van der Waals surface area contributed by atoms with Gasteiger partial charge in [0.1, 0.15) is 0 Å². The number of hydrogen-bond donors (Lipinski definition) is 2. The lowest BCUT2D eigenvalue weighted by Gasteiger charge is -2.27. The molecule has 1 aliphatic rings. The van der Waals surface area contributed by atoms with Gasteiger partial charge in [0.2, 0.25) is 0 Å². The van der Waals surface area contributed by atoms with E-state index in [1.165, 1.54) is 19.3 Å². The molecular weight excluding hydrogens is 174 g/mol. The molecule has 0 aromatic heterocycles. The summed E-state index contributed by atoms with van der Waals surface area (Å²) >= 11 is 0. The molecule has 0 saturated heterocycles. The van der Waals surface area contributed by atoms with E-state index in [0.717, 1.165) is 19.5 Å². The van der Waals surface area contributed by atoms with Gasteiger partial charge in [-0.05, 0) is 25.3 Å². The minimum absolute atomic E-state index is 0. The summed E-state index contributed by atoms with van der Waals surface area (Å²) in [6.07, 6.45) is 4.68. The van der Waals surface area contributed by atoms with E-state index in [0.29, 0.717) is 5.92 Å². The molecular formula is C9H20ClNO. The van der Waals surface area contributed by atoms with Gasteiger partial charge in [0.15, 0.2) is 0 Å². The van der Waals surface area contributed by atoms with Crippen molar-refractivity contribution in [2.45, 2.75) is 38.7 Å². The van der Waals surface area contributed by atoms with Gasteiger partial charge >= 0.3 is 0 Å². The van der Waals surface area contributed by atoms with E-state index in [9.17, 15) is 5.11 Å². The number of rotatable bonds is 3. The van der Waals surface area contributed by atoms with E-state index in [-0.39, 0.29) is 18.5 Å². The minimum Gasteiger partial charge on any atom is -0.393 e. The van der Waals surface area contributed by atoms with Crippen LogP contribution in [0.15, 0.2) is 0 Å². The Morgan fingerprint density at radius 1 is 1.33 bits per heavy atom. The lowest BCUT2D eigenvalue weighted by atomic mass is 9.86. The maximum absolute atomic E-state index is 9.56. The van der Waals surface area contributed by atoms with Crippen LogP contribution in [0.3, 0.4) is 0 Å². The first-order valence-corrected chi connectivity index (χ1v) is 4.73. The van der Waals surface area contributed by atoms with Gasteiger partial charge in [0.25, 0.3) is 0 Å². The predicted molar refractivity (Wildman–Crippen MR) is 53.8 cm³/mol. The summed E-state index contributed by atoms with van der Waals surface area (Å²) in [6, 6.07) is 0. The maximum Gasteiger partial charge on any atom is 0.0580 e. The third-order valence-electron chi connectivity index (χ3n) is 2.53. The van der Waals surface area contributed by atoms with Gasteiger partial charge < -0.3 is 10.4 Å². The topological polar surface area (TPSA) is 32.3 Å². The van der Waals surface area contributed by atoms with Crippen LogP contribution in [-0.4, -0.2) is 24.3 Å². The van der Waals surface area contributed by atoms with Gasteiger partial charge in [-0.2, -0.15) is 0 Å². The average Bonchev–Trinajstić information content (AvgIpc) is 2.03. The second kappa shape index (κ2) is 6.70. The summed E-state index contributed by atoms with van der Waals surface area (Å²) in [5.74, 6) is 0.517. The fourth-order valence-corrected chi connectivity index (χ4v) is 1.76. The lowest BCUT2D eigenvalue weighted by molar-refractivity contribution is 0.0700. The third-order valence-corrected chi connectivity index (χ3v) is 2.53. The van der Waals surface area contributed by atoms with Crippen LogP contribution in [0, 0.1) is 5.92 Å². The SMILES string of the molecule is CCNC[C@@H]1CCCC[C@@H]1O.Cl. The van der Waals surface area contributed by atoms with E-state index >= 15 is 0 Å². The largest absolute Gasteiger partial charge is 0.393 e. The highest BCUT2D eigenvalue weighted by molar-refractivity contribution is 5.85. The second-order valence-electron chi connectivity index (χ2n) is 3.42. The Kier molecular flexibility index (Phi) is 6.81. The normalized spacial score (nSPS) is 29.5. The average molecular weight is 194 g/mol. The smallest absolute Gasteiger partial charge is 0.0580 e. The van der Waals surface area contributed by atoms with E-state index < -0.39 is 0 Å². The Morgan fingerprint density at radius 2 is 2.00 bits per heavy atom. The molecule has 0 bridgehead atoms. The van der Waals surface area contributed by atoms with Crippen molar-refractivity contribution in [3.63, 3.8) is 0 Å². The van der Waals surface area contributed by atoms with Gasteiger partial charge in [-0.15, -0.1) is 12.4 Å². The van der Waals surface area contributed by atoms with E-state index in [4.69, 9.17) is 0 Å². The molecule has 12 heavy (non-hydrogen) atoms. The summed E-state index contributed by atoms with van der Waals surface area (Å²) in [6.45, 7) is 4.12. The van der Waals surface area contributed by atoms with Gasteiger partial charge in [0, 0.05) is 6.54 Å². The summed E-state index contributed by atoms with van der Waals surface area (Å²) in [5.41, 5.74) is 0. The number of nitrogens with one attached hydrogen (secondary N) is 1. The Hall–Kier alpha value is 0.210. The fraction of sp³-hybridized carbons (Fsp3) is 1.00. The van der Waals surface area contributed by atoms with Crippen molar-refractivity contribution in [1.29, 1.82) is 0 Å². The number of halogens is 1. The fourth-order valence-electron chi connectivity index (χ4n) is 1.76. The molecule has 0 amide bonds. The van der Waals surface area contributed by atoms with Gasteiger partial charge in [-0.25, -0.2) is 0 Å². The van der Waals surface area contributed by atoms with E-state index in [2.05, 4.69) is 12.2 Å². The first-order valence-electron chi connectivity index (χ1n) is 4.73. The van der Waals surface area contributed by atoms with Crippen LogP contribution in [0.5, 0.6) is 0 Å². The molecule has 0 aromatic carbocycles. The molecule has 0 spiro atoms. The summed E-state index contributed by atoms with van der Waals surface area (Å²) < 4.78 is 0. The van der Waals surface area contributed by atoms with Crippen molar-refractivity contribution in [2.24, 2.45) is 5.92 Å². The summed E-state index contributed by atoms with van der Waals surface area (Å²) in [5, 5.41) is 12.8. The Bertz CT molecular complexity index is 111. The quantitative estimate of drug-likeness (QED) is 0.714. The highest BCUT2D eigenvalue weighted by Gasteiger charge is 2.21. The molecule has 74 valence electrons. The van der Waals surface area contributed by atoms with Gasteiger partial charge in [-0.3, -0.25) is 0 Å². The van der Waals surface area contributed by atoms with Crippen LogP contribution >= 0.6 is 12.4 Å².